The Labute approximate surface area is 178 Å². The Morgan fingerprint density at radius 3 is 2.30 bits per heavy atom. The molecule has 0 radical (unpaired) electrons. The van der Waals surface area contributed by atoms with Crippen LogP contribution >= 0.6 is 0 Å². The van der Waals surface area contributed by atoms with Gasteiger partial charge in [0.15, 0.2) is 0 Å². The van der Waals surface area contributed by atoms with Gasteiger partial charge >= 0.3 is 6.03 Å². The Morgan fingerprint density at radius 1 is 1.13 bits per heavy atom. The van der Waals surface area contributed by atoms with Gasteiger partial charge in [0.05, 0.1) is 0 Å². The highest BCUT2D eigenvalue weighted by atomic mass is 16.5. The average molecular weight is 413 g/mol. The molecule has 1 aliphatic rings. The van der Waals surface area contributed by atoms with E-state index >= 15 is 0 Å². The summed E-state index contributed by atoms with van der Waals surface area (Å²) in [6.45, 7) is 9.13. The lowest BCUT2D eigenvalue weighted by atomic mass is 10.1. The van der Waals surface area contributed by atoms with Crippen LogP contribution in [0.25, 0.3) is 0 Å². The first-order valence-electron chi connectivity index (χ1n) is 10.4. The molecule has 2 aromatic carbocycles. The summed E-state index contributed by atoms with van der Waals surface area (Å²) < 4.78 is 5.71. The van der Waals surface area contributed by atoms with Crippen LogP contribution in [-0.2, 0) is 0 Å². The first kappa shape index (κ1) is 21.9. The van der Waals surface area contributed by atoms with Gasteiger partial charge in [0, 0.05) is 43.1 Å². The van der Waals surface area contributed by atoms with E-state index in [1.165, 1.54) is 11.3 Å². The number of amides is 2. The number of nitrogens with zero attached hydrogens (tertiary/aromatic N) is 2. The third kappa shape index (κ3) is 5.87. The van der Waals surface area contributed by atoms with Crippen LogP contribution in [0.4, 0.5) is 16.2 Å². The number of aliphatic hydroxyl groups is 1. The van der Waals surface area contributed by atoms with Crippen LogP contribution in [0.2, 0.25) is 0 Å². The molecule has 3 atom stereocenters. The number of ether oxygens (including phenoxy) is 1. The van der Waals surface area contributed by atoms with Gasteiger partial charge in [0.2, 0.25) is 0 Å². The van der Waals surface area contributed by atoms with E-state index in [1.807, 2.05) is 0 Å². The smallest absolute Gasteiger partial charge is 0.316 e. The number of carbonyl (C=O) groups is 1. The van der Waals surface area contributed by atoms with E-state index in [4.69, 9.17) is 10.5 Å². The molecule has 0 bridgehead atoms. The van der Waals surface area contributed by atoms with Gasteiger partial charge in [0.25, 0.3) is 0 Å². The Balaban J connectivity index is 1.49. The van der Waals surface area contributed by atoms with Gasteiger partial charge in [-0.2, -0.15) is 0 Å². The zero-order chi connectivity index (χ0) is 21.7. The van der Waals surface area contributed by atoms with Gasteiger partial charge in [-0.15, -0.1) is 0 Å². The molecule has 0 spiro atoms. The molecule has 0 aromatic heterocycles. The van der Waals surface area contributed by atoms with E-state index in [9.17, 15) is 9.90 Å². The minimum atomic E-state index is -0.607. The van der Waals surface area contributed by atoms with Crippen molar-refractivity contribution in [1.29, 1.82) is 0 Å². The van der Waals surface area contributed by atoms with Crippen LogP contribution in [-0.4, -0.2) is 60.5 Å². The lowest BCUT2D eigenvalue weighted by Crippen LogP contribution is -2.58. The third-order valence-electron chi connectivity index (χ3n) is 5.49. The number of carbonyl (C=O) groups excluding carboxylic acids is 1. The Morgan fingerprint density at radius 2 is 1.73 bits per heavy atom. The molecular weight excluding hydrogens is 380 g/mol. The highest BCUT2D eigenvalue weighted by Gasteiger charge is 2.30. The third-order valence-corrected chi connectivity index (χ3v) is 5.49. The summed E-state index contributed by atoms with van der Waals surface area (Å²) in [6.07, 6.45) is -0.593. The molecule has 1 fully saturated rings. The molecule has 0 saturated carbocycles. The maximum Gasteiger partial charge on any atom is 0.316 e. The van der Waals surface area contributed by atoms with Crippen LogP contribution in [0.5, 0.6) is 5.75 Å². The number of aryl methyl sites for hydroxylation is 1. The lowest BCUT2D eigenvalue weighted by Gasteiger charge is -2.46. The Bertz CT molecular complexity index is 813. The van der Waals surface area contributed by atoms with Gasteiger partial charge in [0.1, 0.15) is 18.5 Å². The van der Waals surface area contributed by atoms with Crippen molar-refractivity contribution in [2.75, 3.05) is 36.5 Å². The number of urea groups is 1. The largest absolute Gasteiger partial charge is 0.491 e. The maximum absolute atomic E-state index is 10.9. The number of piperazine rings is 1. The Kier molecular flexibility index (Phi) is 7.18. The van der Waals surface area contributed by atoms with E-state index in [-0.39, 0.29) is 6.61 Å². The zero-order valence-corrected chi connectivity index (χ0v) is 17.9. The van der Waals surface area contributed by atoms with Crippen molar-refractivity contribution in [3.63, 3.8) is 0 Å². The zero-order valence-electron chi connectivity index (χ0n) is 17.9. The number of hydrogen-bond donors (Lipinski definition) is 3. The fourth-order valence-corrected chi connectivity index (χ4v) is 3.95. The number of benzene rings is 2. The number of rotatable bonds is 7. The second-order valence-corrected chi connectivity index (χ2v) is 8.11. The van der Waals surface area contributed by atoms with Crippen molar-refractivity contribution in [1.82, 2.24) is 4.90 Å². The van der Waals surface area contributed by atoms with Gasteiger partial charge in [-0.1, -0.05) is 17.7 Å². The standard InChI is InChI=1S/C23H32N4O3/c1-16-4-8-20(9-5-16)26-12-17(2)27(18(3)13-26)14-21(28)15-30-22-10-6-19(7-11-22)25-23(24)29/h4-11,17-18,21,28H,12-15H2,1-3H3,(H3,24,25,29)/t17-,18?,21+/m1/s1. The van der Waals surface area contributed by atoms with Crippen LogP contribution < -0.4 is 20.7 Å². The van der Waals surface area contributed by atoms with Gasteiger partial charge in [-0.3, -0.25) is 4.90 Å². The summed E-state index contributed by atoms with van der Waals surface area (Å²) in [5, 5.41) is 13.0. The molecule has 1 aliphatic heterocycles. The summed E-state index contributed by atoms with van der Waals surface area (Å²) in [5.41, 5.74) is 8.21. The highest BCUT2D eigenvalue weighted by molar-refractivity contribution is 5.87. The number of anilines is 2. The first-order chi connectivity index (χ1) is 14.3. The van der Waals surface area contributed by atoms with E-state index in [0.717, 1.165) is 13.1 Å². The molecule has 1 saturated heterocycles. The highest BCUT2D eigenvalue weighted by Crippen LogP contribution is 2.23. The van der Waals surface area contributed by atoms with Crippen molar-refractivity contribution in [2.45, 2.75) is 39.0 Å². The van der Waals surface area contributed by atoms with Gasteiger partial charge in [-0.25, -0.2) is 4.79 Å². The minimum absolute atomic E-state index is 0.209. The number of primary amides is 1. The fourth-order valence-electron chi connectivity index (χ4n) is 3.95. The molecule has 0 aliphatic carbocycles. The molecule has 7 heteroatoms. The van der Waals surface area contributed by atoms with E-state index < -0.39 is 12.1 Å². The van der Waals surface area contributed by atoms with Crippen molar-refractivity contribution < 1.29 is 14.6 Å². The predicted octanol–water partition coefficient (Wildman–Crippen LogP) is 2.82. The summed E-state index contributed by atoms with van der Waals surface area (Å²) in [4.78, 5) is 15.6. The second-order valence-electron chi connectivity index (χ2n) is 8.11. The number of nitrogens with one attached hydrogen (secondary N) is 1. The van der Waals surface area contributed by atoms with Gasteiger partial charge < -0.3 is 25.8 Å². The molecule has 1 unspecified atom stereocenters. The summed E-state index contributed by atoms with van der Waals surface area (Å²) in [5.74, 6) is 0.634. The van der Waals surface area contributed by atoms with Crippen molar-refractivity contribution in [3.8, 4) is 5.75 Å². The van der Waals surface area contributed by atoms with E-state index in [1.54, 1.807) is 24.3 Å². The SMILES string of the molecule is Cc1ccc(N2CC(C)N(C[C@H](O)COc3ccc(NC(N)=O)cc3)[C@H](C)C2)cc1. The molecule has 1 heterocycles. The minimum Gasteiger partial charge on any atom is -0.491 e. The second kappa shape index (κ2) is 9.82. The van der Waals surface area contributed by atoms with Crippen molar-refractivity contribution >= 4 is 17.4 Å². The number of aliphatic hydroxyl groups excluding tert-OH is 1. The lowest BCUT2D eigenvalue weighted by molar-refractivity contribution is 0.0318. The first-order valence-corrected chi connectivity index (χ1v) is 10.4. The van der Waals surface area contributed by atoms with E-state index in [2.05, 4.69) is 60.2 Å². The molecule has 4 N–H and O–H groups in total. The average Bonchev–Trinajstić information content (AvgIpc) is 2.70. The van der Waals surface area contributed by atoms with Crippen LogP contribution in [0.1, 0.15) is 19.4 Å². The fraction of sp³-hybridized carbons (Fsp3) is 0.435. The van der Waals surface area contributed by atoms with Crippen LogP contribution in [0, 0.1) is 6.92 Å². The monoisotopic (exact) mass is 412 g/mol. The van der Waals surface area contributed by atoms with Crippen molar-refractivity contribution in [3.05, 3.63) is 54.1 Å². The van der Waals surface area contributed by atoms with E-state index in [0.29, 0.717) is 30.1 Å². The summed E-state index contributed by atoms with van der Waals surface area (Å²) in [7, 11) is 0. The topological polar surface area (TPSA) is 91.1 Å². The quantitative estimate of drug-likeness (QED) is 0.651. The number of hydrogen-bond acceptors (Lipinski definition) is 5. The number of nitrogens with two attached hydrogens (primary N) is 1. The molecule has 2 amide bonds. The molecule has 7 nitrogen and oxygen atoms in total. The molecule has 162 valence electrons. The van der Waals surface area contributed by atoms with Gasteiger partial charge in [-0.05, 0) is 57.2 Å². The summed E-state index contributed by atoms with van der Waals surface area (Å²) >= 11 is 0. The molecule has 30 heavy (non-hydrogen) atoms. The molecular formula is C23H32N4O3. The molecule has 2 aromatic rings. The van der Waals surface area contributed by atoms with Crippen molar-refractivity contribution in [2.24, 2.45) is 5.73 Å². The predicted molar refractivity (Wildman–Crippen MR) is 120 cm³/mol. The van der Waals surface area contributed by atoms with Crippen LogP contribution in [0.3, 0.4) is 0 Å². The summed E-state index contributed by atoms with van der Waals surface area (Å²) in [6, 6.07) is 15.6. The normalized spacial score (nSPS) is 20.6. The molecule has 3 rings (SSSR count). The number of β-amino-alcohol motifs (C(OH)–C–C–N with tert-alkyl or cyclic N) is 1. The van der Waals surface area contributed by atoms with Crippen LogP contribution in [0.15, 0.2) is 48.5 Å². The maximum atomic E-state index is 10.9. The Hall–Kier alpha value is -2.77.